The number of nitrogens with one attached hydrogen (secondary N) is 1. The van der Waals surface area contributed by atoms with E-state index in [2.05, 4.69) is 15.5 Å². The fourth-order valence-electron chi connectivity index (χ4n) is 3.75. The van der Waals surface area contributed by atoms with Crippen LogP contribution in [0.4, 0.5) is 5.95 Å². The van der Waals surface area contributed by atoms with Crippen molar-refractivity contribution in [2.45, 2.75) is 44.2 Å². The van der Waals surface area contributed by atoms with Crippen molar-refractivity contribution in [3.8, 4) is 17.0 Å². The van der Waals surface area contributed by atoms with Crippen LogP contribution in [0.3, 0.4) is 0 Å². The zero-order valence-electron chi connectivity index (χ0n) is 15.3. The highest BCUT2D eigenvalue weighted by Crippen LogP contribution is 2.36. The number of phenols is 1. The molecule has 3 aromatic rings. The van der Waals surface area contributed by atoms with E-state index in [1.165, 1.54) is 15.9 Å². The Balaban J connectivity index is 1.68. The molecule has 2 atom stereocenters. The summed E-state index contributed by atoms with van der Waals surface area (Å²) >= 11 is 1.52. The molecular formula is C19H22N4O3S. The highest BCUT2D eigenvalue weighted by molar-refractivity contribution is 7.17. The Kier molecular flexibility index (Phi) is 4.39. The quantitative estimate of drug-likeness (QED) is 0.640. The molecule has 0 aliphatic heterocycles. The van der Waals surface area contributed by atoms with Crippen LogP contribution in [0, 0.1) is 0 Å². The number of rotatable bonds is 3. The van der Waals surface area contributed by atoms with Crippen LogP contribution in [0.15, 0.2) is 28.4 Å². The van der Waals surface area contributed by atoms with Crippen LogP contribution in [0.2, 0.25) is 0 Å². The Morgan fingerprint density at radius 2 is 2.15 bits per heavy atom. The molecule has 0 saturated heterocycles. The van der Waals surface area contributed by atoms with Gasteiger partial charge in [-0.25, -0.2) is 0 Å². The molecule has 8 heteroatoms. The van der Waals surface area contributed by atoms with Crippen LogP contribution in [0.25, 0.3) is 21.3 Å². The minimum atomic E-state index is -0.704. The predicted octanol–water partition coefficient (Wildman–Crippen LogP) is 2.87. The molecule has 1 fully saturated rings. The molecule has 1 aliphatic carbocycles. The fourth-order valence-corrected chi connectivity index (χ4v) is 4.54. The summed E-state index contributed by atoms with van der Waals surface area (Å²) in [6.07, 6.45) is 3.20. The third-order valence-corrected chi connectivity index (χ3v) is 6.10. The molecule has 0 unspecified atom stereocenters. The Hall–Kier alpha value is -2.45. The molecule has 0 amide bonds. The Bertz CT molecular complexity index is 1060. The first-order valence-electron chi connectivity index (χ1n) is 8.98. The van der Waals surface area contributed by atoms with Gasteiger partial charge in [0.15, 0.2) is 5.69 Å². The van der Waals surface area contributed by atoms with E-state index in [0.29, 0.717) is 23.3 Å². The lowest BCUT2D eigenvalue weighted by molar-refractivity contribution is 0.0181. The van der Waals surface area contributed by atoms with Gasteiger partial charge in [-0.2, -0.15) is 0 Å². The lowest BCUT2D eigenvalue weighted by atomic mass is 9.83. The third-order valence-electron chi connectivity index (χ3n) is 5.22. The van der Waals surface area contributed by atoms with Gasteiger partial charge < -0.3 is 15.5 Å². The number of benzene rings is 1. The standard InChI is InChI=1S/C19H22N4O3S/c1-19(26)8-3-4-11(10-19)20-18-22-21-15(17(25)23(18)2)13-5-6-14-12(16(13)24)7-9-27-14/h5-7,9,11,24,26H,3-4,8,10H2,1-2H3,(H,20,22)/t11-,19-/m1/s1. The van der Waals surface area contributed by atoms with Gasteiger partial charge in [-0.15, -0.1) is 21.5 Å². The maximum Gasteiger partial charge on any atom is 0.281 e. The van der Waals surface area contributed by atoms with Gasteiger partial charge in [0.1, 0.15) is 5.75 Å². The predicted molar refractivity (Wildman–Crippen MR) is 106 cm³/mol. The smallest absolute Gasteiger partial charge is 0.281 e. The van der Waals surface area contributed by atoms with Crippen molar-refractivity contribution in [3.63, 3.8) is 0 Å². The number of aromatic nitrogens is 3. The van der Waals surface area contributed by atoms with E-state index >= 15 is 0 Å². The first-order valence-corrected chi connectivity index (χ1v) is 9.86. The van der Waals surface area contributed by atoms with Gasteiger partial charge in [0.25, 0.3) is 5.56 Å². The molecule has 1 aromatic carbocycles. The van der Waals surface area contributed by atoms with Crippen molar-refractivity contribution in [3.05, 3.63) is 33.9 Å². The molecule has 7 nitrogen and oxygen atoms in total. The van der Waals surface area contributed by atoms with E-state index < -0.39 is 5.60 Å². The summed E-state index contributed by atoms with van der Waals surface area (Å²) in [6.45, 7) is 1.83. The monoisotopic (exact) mass is 386 g/mol. The summed E-state index contributed by atoms with van der Waals surface area (Å²) in [7, 11) is 1.63. The zero-order valence-corrected chi connectivity index (χ0v) is 16.1. The van der Waals surface area contributed by atoms with Gasteiger partial charge in [0.2, 0.25) is 5.95 Å². The van der Waals surface area contributed by atoms with Crippen molar-refractivity contribution < 1.29 is 10.2 Å². The third kappa shape index (κ3) is 3.30. The molecule has 2 heterocycles. The molecule has 142 valence electrons. The molecule has 1 aliphatic rings. The molecule has 0 spiro atoms. The highest BCUT2D eigenvalue weighted by atomic mass is 32.1. The van der Waals surface area contributed by atoms with Crippen LogP contribution in [-0.4, -0.2) is 36.6 Å². The number of phenolic OH excluding ortho intramolecular Hbond substituents is 1. The number of anilines is 1. The van der Waals surface area contributed by atoms with Gasteiger partial charge >= 0.3 is 0 Å². The maximum absolute atomic E-state index is 12.8. The number of fused-ring (bicyclic) bond motifs is 1. The molecule has 1 saturated carbocycles. The summed E-state index contributed by atoms with van der Waals surface area (Å²) in [5.74, 6) is 0.409. The Morgan fingerprint density at radius 3 is 2.93 bits per heavy atom. The molecule has 4 rings (SSSR count). The highest BCUT2D eigenvalue weighted by Gasteiger charge is 2.30. The van der Waals surface area contributed by atoms with E-state index in [1.807, 2.05) is 24.4 Å². The lowest BCUT2D eigenvalue weighted by Crippen LogP contribution is -2.39. The summed E-state index contributed by atoms with van der Waals surface area (Å²) in [5.41, 5.74) is -0.547. The number of aliphatic hydroxyl groups is 1. The minimum absolute atomic E-state index is 0.0371. The first-order chi connectivity index (χ1) is 12.9. The second-order valence-electron chi connectivity index (χ2n) is 7.47. The molecule has 0 radical (unpaired) electrons. The maximum atomic E-state index is 12.8. The van der Waals surface area contributed by atoms with Gasteiger partial charge in [-0.3, -0.25) is 9.36 Å². The number of aromatic hydroxyl groups is 1. The van der Waals surface area contributed by atoms with E-state index in [4.69, 9.17) is 0 Å². The molecular weight excluding hydrogens is 364 g/mol. The SMILES string of the molecule is Cn1c(N[C@@H]2CCC[C@@](C)(O)C2)nnc(-c2ccc3sccc3c2O)c1=O. The van der Waals surface area contributed by atoms with Crippen LogP contribution >= 0.6 is 11.3 Å². The van der Waals surface area contributed by atoms with E-state index in [-0.39, 0.29) is 23.0 Å². The average molecular weight is 386 g/mol. The number of hydrogen-bond acceptors (Lipinski definition) is 7. The normalized spacial score (nSPS) is 22.9. The number of nitrogens with zero attached hydrogens (tertiary/aromatic N) is 3. The average Bonchev–Trinajstić information content (AvgIpc) is 3.09. The van der Waals surface area contributed by atoms with E-state index in [1.54, 1.807) is 13.1 Å². The van der Waals surface area contributed by atoms with Crippen molar-refractivity contribution in [2.24, 2.45) is 7.05 Å². The summed E-state index contributed by atoms with van der Waals surface area (Å²) < 4.78 is 2.35. The second kappa shape index (κ2) is 6.61. The Labute approximate surface area is 160 Å². The van der Waals surface area contributed by atoms with Crippen molar-refractivity contribution >= 4 is 27.4 Å². The zero-order chi connectivity index (χ0) is 19.2. The van der Waals surface area contributed by atoms with Crippen molar-refractivity contribution in [2.75, 3.05) is 5.32 Å². The van der Waals surface area contributed by atoms with Crippen LogP contribution in [0.5, 0.6) is 5.75 Å². The van der Waals surface area contributed by atoms with Gasteiger partial charge in [-0.05, 0) is 56.2 Å². The molecule has 0 bridgehead atoms. The van der Waals surface area contributed by atoms with Crippen LogP contribution in [0.1, 0.15) is 32.6 Å². The van der Waals surface area contributed by atoms with Crippen molar-refractivity contribution in [1.29, 1.82) is 0 Å². The van der Waals surface area contributed by atoms with Crippen LogP contribution in [-0.2, 0) is 7.05 Å². The largest absolute Gasteiger partial charge is 0.507 e. The first kappa shape index (κ1) is 17.9. The summed E-state index contributed by atoms with van der Waals surface area (Å²) in [6, 6.07) is 5.43. The molecule has 3 N–H and O–H groups in total. The Morgan fingerprint density at radius 1 is 1.33 bits per heavy atom. The van der Waals surface area contributed by atoms with E-state index in [0.717, 1.165) is 24.0 Å². The summed E-state index contributed by atoms with van der Waals surface area (Å²) in [5, 5.41) is 34.9. The van der Waals surface area contributed by atoms with Gasteiger partial charge in [-0.1, -0.05) is 0 Å². The van der Waals surface area contributed by atoms with Crippen molar-refractivity contribution in [1.82, 2.24) is 14.8 Å². The van der Waals surface area contributed by atoms with E-state index in [9.17, 15) is 15.0 Å². The fraction of sp³-hybridized carbons (Fsp3) is 0.421. The second-order valence-corrected chi connectivity index (χ2v) is 8.41. The molecule has 2 aromatic heterocycles. The van der Waals surface area contributed by atoms with Gasteiger partial charge in [0, 0.05) is 23.2 Å². The number of thiophene rings is 1. The topological polar surface area (TPSA) is 100 Å². The minimum Gasteiger partial charge on any atom is -0.507 e. The van der Waals surface area contributed by atoms with Crippen LogP contribution < -0.4 is 10.9 Å². The number of hydrogen-bond donors (Lipinski definition) is 3. The van der Waals surface area contributed by atoms with Gasteiger partial charge in [0.05, 0.1) is 11.2 Å². The molecule has 27 heavy (non-hydrogen) atoms. The lowest BCUT2D eigenvalue weighted by Gasteiger charge is -2.34. The summed E-state index contributed by atoms with van der Waals surface area (Å²) in [4.78, 5) is 12.8.